The van der Waals surface area contributed by atoms with Crippen molar-refractivity contribution in [3.63, 3.8) is 0 Å². The molecule has 0 bridgehead atoms. The number of amides is 2. The third kappa shape index (κ3) is 4.61. The molecule has 28 heavy (non-hydrogen) atoms. The Kier molecular flexibility index (Phi) is 5.84. The maximum Gasteiger partial charge on any atom is 0.246 e. The number of hydrogen-bond donors (Lipinski definition) is 1. The van der Waals surface area contributed by atoms with Crippen LogP contribution < -0.4 is 5.32 Å². The van der Waals surface area contributed by atoms with E-state index in [0.29, 0.717) is 5.82 Å². The number of nitrogens with zero attached hydrogens (tertiary/aromatic N) is 5. The summed E-state index contributed by atoms with van der Waals surface area (Å²) in [6.45, 7) is 5.78. The highest BCUT2D eigenvalue weighted by molar-refractivity contribution is 7.13. The van der Waals surface area contributed by atoms with E-state index in [9.17, 15) is 9.59 Å². The van der Waals surface area contributed by atoms with Crippen molar-refractivity contribution >= 4 is 28.8 Å². The van der Waals surface area contributed by atoms with E-state index in [-0.39, 0.29) is 24.9 Å². The molecule has 0 fully saturated rings. The minimum absolute atomic E-state index is 0.0575. The van der Waals surface area contributed by atoms with Crippen LogP contribution in [0.5, 0.6) is 0 Å². The molecule has 3 aromatic rings. The van der Waals surface area contributed by atoms with Gasteiger partial charge in [0.15, 0.2) is 0 Å². The number of tetrazole rings is 1. The molecular formula is C19H22N6O2S. The van der Waals surface area contributed by atoms with Crippen LogP contribution in [-0.2, 0) is 16.1 Å². The molecule has 0 atom stereocenters. The van der Waals surface area contributed by atoms with E-state index in [0.717, 1.165) is 27.3 Å². The predicted octanol–water partition coefficient (Wildman–Crippen LogP) is 2.42. The Balaban J connectivity index is 1.57. The Morgan fingerprint density at radius 2 is 1.93 bits per heavy atom. The summed E-state index contributed by atoms with van der Waals surface area (Å²) in [5.41, 5.74) is 3.91. The molecule has 0 radical (unpaired) electrons. The van der Waals surface area contributed by atoms with Gasteiger partial charge in [-0.3, -0.25) is 9.59 Å². The Bertz CT molecular complexity index is 973. The van der Waals surface area contributed by atoms with Crippen LogP contribution in [0, 0.1) is 20.8 Å². The van der Waals surface area contributed by atoms with Gasteiger partial charge < -0.3 is 10.2 Å². The summed E-state index contributed by atoms with van der Waals surface area (Å²) < 4.78 is 0. The zero-order valence-corrected chi connectivity index (χ0v) is 17.1. The maximum absolute atomic E-state index is 12.4. The molecule has 3 rings (SSSR count). The van der Waals surface area contributed by atoms with E-state index in [1.807, 2.05) is 50.4 Å². The van der Waals surface area contributed by atoms with Crippen molar-refractivity contribution in [1.82, 2.24) is 25.1 Å². The van der Waals surface area contributed by atoms with Gasteiger partial charge >= 0.3 is 0 Å². The van der Waals surface area contributed by atoms with Crippen molar-refractivity contribution in [2.24, 2.45) is 0 Å². The first-order valence-electron chi connectivity index (χ1n) is 8.77. The standard InChI is InChI=1S/C19H22N6O2S/c1-12-8-13(2)18(14(3)9-12)20-16(26)10-24(4)17(27)11-25-22-19(21-23-25)15-6-5-7-28-15/h5-9H,10-11H2,1-4H3,(H,20,26). The Hall–Kier alpha value is -3.07. The Morgan fingerprint density at radius 3 is 2.57 bits per heavy atom. The first kappa shape index (κ1) is 19.7. The zero-order valence-electron chi connectivity index (χ0n) is 16.3. The molecule has 1 aromatic carbocycles. The molecule has 0 unspecified atom stereocenters. The van der Waals surface area contributed by atoms with Crippen LogP contribution in [0.4, 0.5) is 5.69 Å². The number of thiophene rings is 1. The van der Waals surface area contributed by atoms with Crippen LogP contribution >= 0.6 is 11.3 Å². The number of nitrogens with one attached hydrogen (secondary N) is 1. The number of aromatic nitrogens is 4. The summed E-state index contributed by atoms with van der Waals surface area (Å²) in [4.78, 5) is 28.2. The number of anilines is 1. The SMILES string of the molecule is Cc1cc(C)c(NC(=O)CN(C)C(=O)Cn2nnc(-c3cccs3)n2)c(C)c1. The van der Waals surface area contributed by atoms with Crippen LogP contribution in [0.1, 0.15) is 16.7 Å². The fourth-order valence-corrected chi connectivity index (χ4v) is 3.56. The van der Waals surface area contributed by atoms with Gasteiger partial charge in [0.05, 0.1) is 11.4 Å². The van der Waals surface area contributed by atoms with E-state index in [1.165, 1.54) is 21.0 Å². The van der Waals surface area contributed by atoms with Gasteiger partial charge in [0.25, 0.3) is 0 Å². The molecule has 0 saturated carbocycles. The molecule has 0 spiro atoms. The molecule has 0 aliphatic heterocycles. The number of rotatable bonds is 6. The van der Waals surface area contributed by atoms with E-state index < -0.39 is 0 Å². The summed E-state index contributed by atoms with van der Waals surface area (Å²) in [5, 5.41) is 16.9. The third-order valence-electron chi connectivity index (χ3n) is 4.22. The second kappa shape index (κ2) is 8.30. The number of carbonyl (C=O) groups excluding carboxylic acids is 2. The molecule has 2 heterocycles. The monoisotopic (exact) mass is 398 g/mol. The lowest BCUT2D eigenvalue weighted by Crippen LogP contribution is -2.37. The molecule has 146 valence electrons. The van der Waals surface area contributed by atoms with E-state index in [2.05, 4.69) is 20.7 Å². The third-order valence-corrected chi connectivity index (χ3v) is 5.08. The summed E-state index contributed by atoms with van der Waals surface area (Å²) in [6, 6.07) is 7.81. The molecule has 1 N–H and O–H groups in total. The minimum atomic E-state index is -0.275. The van der Waals surface area contributed by atoms with Crippen LogP contribution in [0.2, 0.25) is 0 Å². The number of carbonyl (C=O) groups is 2. The number of benzene rings is 1. The van der Waals surface area contributed by atoms with Gasteiger partial charge in [-0.1, -0.05) is 23.8 Å². The second-order valence-corrected chi connectivity index (χ2v) is 7.64. The zero-order chi connectivity index (χ0) is 20.3. The minimum Gasteiger partial charge on any atom is -0.335 e. The molecule has 0 aliphatic carbocycles. The lowest BCUT2D eigenvalue weighted by Gasteiger charge is -2.18. The van der Waals surface area contributed by atoms with Crippen LogP contribution in [0.15, 0.2) is 29.6 Å². The summed E-state index contributed by atoms with van der Waals surface area (Å²) in [6.07, 6.45) is 0. The summed E-state index contributed by atoms with van der Waals surface area (Å²) >= 11 is 1.50. The van der Waals surface area contributed by atoms with Gasteiger partial charge in [0.1, 0.15) is 6.54 Å². The van der Waals surface area contributed by atoms with E-state index in [1.54, 1.807) is 7.05 Å². The van der Waals surface area contributed by atoms with Crippen molar-refractivity contribution in [2.45, 2.75) is 27.3 Å². The second-order valence-electron chi connectivity index (χ2n) is 6.69. The highest BCUT2D eigenvalue weighted by atomic mass is 32.1. The Labute approximate surface area is 167 Å². The highest BCUT2D eigenvalue weighted by Crippen LogP contribution is 2.22. The molecule has 9 heteroatoms. The molecule has 8 nitrogen and oxygen atoms in total. The normalized spacial score (nSPS) is 10.7. The summed E-state index contributed by atoms with van der Waals surface area (Å²) in [5.74, 6) is -0.0483. The van der Waals surface area contributed by atoms with Crippen LogP contribution in [0.3, 0.4) is 0 Å². The predicted molar refractivity (Wildman–Crippen MR) is 108 cm³/mol. The number of aryl methyl sites for hydroxylation is 3. The lowest BCUT2D eigenvalue weighted by atomic mass is 10.1. The van der Waals surface area contributed by atoms with Gasteiger partial charge in [-0.25, -0.2) is 0 Å². The largest absolute Gasteiger partial charge is 0.335 e. The fourth-order valence-electron chi connectivity index (χ4n) is 2.92. The van der Waals surface area contributed by atoms with E-state index >= 15 is 0 Å². The number of likely N-dealkylation sites (N-methyl/N-ethyl adjacent to an activating group) is 1. The quantitative estimate of drug-likeness (QED) is 0.688. The molecule has 0 saturated heterocycles. The van der Waals surface area contributed by atoms with Crippen LogP contribution in [0.25, 0.3) is 10.7 Å². The van der Waals surface area contributed by atoms with Gasteiger partial charge in [-0.15, -0.1) is 21.5 Å². The summed E-state index contributed by atoms with van der Waals surface area (Å²) in [7, 11) is 1.58. The maximum atomic E-state index is 12.4. The average Bonchev–Trinajstić information content (AvgIpc) is 3.29. The van der Waals surface area contributed by atoms with Gasteiger partial charge in [-0.2, -0.15) is 4.80 Å². The van der Waals surface area contributed by atoms with Crippen LogP contribution in [-0.4, -0.2) is 50.5 Å². The smallest absolute Gasteiger partial charge is 0.246 e. The lowest BCUT2D eigenvalue weighted by molar-refractivity contribution is -0.134. The van der Waals surface area contributed by atoms with Crippen molar-refractivity contribution in [3.8, 4) is 10.7 Å². The van der Waals surface area contributed by atoms with Gasteiger partial charge in [0, 0.05) is 12.7 Å². The van der Waals surface area contributed by atoms with Gasteiger partial charge in [0.2, 0.25) is 17.6 Å². The van der Waals surface area contributed by atoms with Crippen molar-refractivity contribution in [3.05, 3.63) is 46.3 Å². The topological polar surface area (TPSA) is 93.0 Å². The highest BCUT2D eigenvalue weighted by Gasteiger charge is 2.17. The van der Waals surface area contributed by atoms with E-state index in [4.69, 9.17) is 0 Å². The molecule has 0 aliphatic rings. The molecule has 2 amide bonds. The van der Waals surface area contributed by atoms with Crippen molar-refractivity contribution in [2.75, 3.05) is 18.9 Å². The first-order valence-corrected chi connectivity index (χ1v) is 9.65. The van der Waals surface area contributed by atoms with Gasteiger partial charge in [-0.05, 0) is 48.6 Å². The first-order chi connectivity index (χ1) is 13.3. The fraction of sp³-hybridized carbons (Fsp3) is 0.316. The van der Waals surface area contributed by atoms with Crippen molar-refractivity contribution in [1.29, 1.82) is 0 Å². The molecular weight excluding hydrogens is 376 g/mol. The average molecular weight is 398 g/mol. The van der Waals surface area contributed by atoms with Crippen molar-refractivity contribution < 1.29 is 9.59 Å². The Morgan fingerprint density at radius 1 is 1.21 bits per heavy atom. The number of hydrogen-bond acceptors (Lipinski definition) is 6. The molecule has 2 aromatic heterocycles.